The van der Waals surface area contributed by atoms with Gasteiger partial charge in [-0.1, -0.05) is 24.3 Å². The lowest BCUT2D eigenvalue weighted by Crippen LogP contribution is -1.91. The van der Waals surface area contributed by atoms with Crippen LogP contribution in [0, 0.1) is 0 Å². The quantitative estimate of drug-likeness (QED) is 0.480. The van der Waals surface area contributed by atoms with Gasteiger partial charge in [0, 0.05) is 29.8 Å². The van der Waals surface area contributed by atoms with E-state index in [-0.39, 0.29) is 0 Å². The molecule has 0 fully saturated rings. The van der Waals surface area contributed by atoms with Crippen LogP contribution in [0.5, 0.6) is 0 Å². The van der Waals surface area contributed by atoms with E-state index in [2.05, 4.69) is 4.40 Å². The normalized spacial score (nSPS) is 11.9. The lowest BCUT2D eigenvalue weighted by molar-refractivity contribution is 0.112. The first-order chi connectivity index (χ1) is 7.31. The molecule has 0 radical (unpaired) electrons. The van der Waals surface area contributed by atoms with Crippen molar-refractivity contribution >= 4 is 30.0 Å². The van der Waals surface area contributed by atoms with Crippen LogP contribution in [0.15, 0.2) is 34.9 Å². The Balaban J connectivity index is 2.93. The maximum Gasteiger partial charge on any atom is 0.150 e. The molecule has 0 spiro atoms. The number of benzene rings is 1. The van der Waals surface area contributed by atoms with Crippen LogP contribution in [0.4, 0.5) is 0 Å². The van der Waals surface area contributed by atoms with E-state index >= 15 is 0 Å². The molecule has 4 heteroatoms. The lowest BCUT2D eigenvalue weighted by Gasteiger charge is -2.00. The van der Waals surface area contributed by atoms with Gasteiger partial charge in [0.15, 0.2) is 0 Å². The number of rotatable bonds is 4. The largest absolute Gasteiger partial charge is 0.404 e. The van der Waals surface area contributed by atoms with Crippen LogP contribution in [0.2, 0.25) is 0 Å². The van der Waals surface area contributed by atoms with Crippen LogP contribution in [-0.4, -0.2) is 18.8 Å². The highest BCUT2D eigenvalue weighted by Crippen LogP contribution is 2.12. The van der Waals surface area contributed by atoms with E-state index in [1.165, 1.54) is 18.1 Å². The zero-order chi connectivity index (χ0) is 11.1. The molecule has 0 atom stereocenters. The van der Waals surface area contributed by atoms with Crippen LogP contribution in [0.25, 0.3) is 5.57 Å². The number of nitrogens with two attached hydrogens (primary N) is 1. The highest BCUT2D eigenvalue weighted by atomic mass is 32.2. The topological polar surface area (TPSA) is 55.4 Å². The molecule has 2 N–H and O–H groups in total. The smallest absolute Gasteiger partial charge is 0.150 e. The van der Waals surface area contributed by atoms with Gasteiger partial charge in [0.2, 0.25) is 0 Å². The van der Waals surface area contributed by atoms with E-state index < -0.39 is 0 Å². The first-order valence-corrected chi connectivity index (χ1v) is 5.54. The Bertz CT molecular complexity index is 382. The first kappa shape index (κ1) is 11.5. The van der Waals surface area contributed by atoms with Gasteiger partial charge in [0.1, 0.15) is 6.29 Å². The van der Waals surface area contributed by atoms with Crippen molar-refractivity contribution in [2.75, 3.05) is 6.26 Å². The molecule has 0 aromatic heterocycles. The van der Waals surface area contributed by atoms with Crippen molar-refractivity contribution in [2.24, 2.45) is 10.1 Å². The number of carbonyl (C=O) groups is 1. The maximum atomic E-state index is 10.5. The summed E-state index contributed by atoms with van der Waals surface area (Å²) < 4.78 is 4.04. The minimum Gasteiger partial charge on any atom is -0.404 e. The monoisotopic (exact) mass is 220 g/mol. The number of hydrogen-bond donors (Lipinski definition) is 1. The van der Waals surface area contributed by atoms with E-state index in [0.29, 0.717) is 5.56 Å². The standard InChI is InChI=1S/C11H12N2OS/c1-15-13-7-11(6-12)10-4-2-9(8-14)3-5-10/h2-8H,12H2,1H3. The summed E-state index contributed by atoms with van der Waals surface area (Å²) in [6.07, 6.45) is 5.88. The first-order valence-electron chi connectivity index (χ1n) is 4.36. The van der Waals surface area contributed by atoms with E-state index in [4.69, 9.17) is 5.73 Å². The molecule has 1 rings (SSSR count). The molecule has 0 aliphatic carbocycles. The molecule has 1 aromatic rings. The van der Waals surface area contributed by atoms with Crippen LogP contribution in [-0.2, 0) is 0 Å². The third kappa shape index (κ3) is 3.25. The number of allylic oxidation sites excluding steroid dienone is 1. The summed E-state index contributed by atoms with van der Waals surface area (Å²) in [5, 5.41) is 0. The number of nitrogens with zero attached hydrogens (tertiary/aromatic N) is 1. The van der Waals surface area contributed by atoms with E-state index in [9.17, 15) is 4.79 Å². The maximum absolute atomic E-state index is 10.5. The van der Waals surface area contributed by atoms with E-state index in [0.717, 1.165) is 17.4 Å². The molecular weight excluding hydrogens is 208 g/mol. The number of aldehydes is 1. The summed E-state index contributed by atoms with van der Waals surface area (Å²) in [6, 6.07) is 7.18. The molecule has 0 aliphatic rings. The Kier molecular flexibility index (Phi) is 4.63. The third-order valence-corrected chi connectivity index (χ3v) is 2.17. The van der Waals surface area contributed by atoms with Crippen LogP contribution < -0.4 is 5.73 Å². The summed E-state index contributed by atoms with van der Waals surface area (Å²) in [5.41, 5.74) is 7.91. The Morgan fingerprint density at radius 3 is 2.53 bits per heavy atom. The SMILES string of the molecule is CSN=CC(=CN)c1ccc(C=O)cc1. The third-order valence-electron chi connectivity index (χ3n) is 1.86. The second kappa shape index (κ2) is 6.03. The van der Waals surface area contributed by atoms with Gasteiger partial charge in [-0.3, -0.25) is 4.79 Å². The molecule has 0 aliphatic heterocycles. The summed E-state index contributed by atoms with van der Waals surface area (Å²) in [6.45, 7) is 0. The molecule has 0 unspecified atom stereocenters. The van der Waals surface area contributed by atoms with Gasteiger partial charge in [-0.15, -0.1) is 0 Å². The highest BCUT2D eigenvalue weighted by Gasteiger charge is 1.97. The summed E-state index contributed by atoms with van der Waals surface area (Å²) >= 11 is 1.36. The zero-order valence-electron chi connectivity index (χ0n) is 8.38. The van der Waals surface area contributed by atoms with E-state index in [1.807, 2.05) is 18.4 Å². The Morgan fingerprint density at radius 2 is 2.07 bits per heavy atom. The number of hydrogen-bond acceptors (Lipinski definition) is 4. The Labute approximate surface area is 93.2 Å². The fourth-order valence-electron chi connectivity index (χ4n) is 1.08. The minimum atomic E-state index is 0.650. The van der Waals surface area contributed by atoms with Crippen molar-refractivity contribution in [3.63, 3.8) is 0 Å². The second-order valence-electron chi connectivity index (χ2n) is 2.78. The molecule has 0 heterocycles. The molecule has 78 valence electrons. The van der Waals surface area contributed by atoms with Crippen LogP contribution in [0.3, 0.4) is 0 Å². The van der Waals surface area contributed by atoms with Crippen molar-refractivity contribution in [3.05, 3.63) is 41.6 Å². The van der Waals surface area contributed by atoms with Gasteiger partial charge in [0.25, 0.3) is 0 Å². The predicted molar refractivity (Wildman–Crippen MR) is 66.0 cm³/mol. The van der Waals surface area contributed by atoms with Gasteiger partial charge >= 0.3 is 0 Å². The van der Waals surface area contributed by atoms with Crippen molar-refractivity contribution in [1.29, 1.82) is 0 Å². The Hall–Kier alpha value is -1.55. The molecule has 0 amide bonds. The minimum absolute atomic E-state index is 0.650. The van der Waals surface area contributed by atoms with Crippen molar-refractivity contribution in [2.45, 2.75) is 0 Å². The fraction of sp³-hybridized carbons (Fsp3) is 0.0909. The Morgan fingerprint density at radius 1 is 1.40 bits per heavy atom. The molecule has 1 aromatic carbocycles. The van der Waals surface area contributed by atoms with Gasteiger partial charge in [-0.05, 0) is 17.5 Å². The van der Waals surface area contributed by atoms with Gasteiger partial charge in [-0.2, -0.15) is 0 Å². The molecule has 0 saturated heterocycles. The summed E-state index contributed by atoms with van der Waals surface area (Å²) in [5.74, 6) is 0. The van der Waals surface area contributed by atoms with Crippen molar-refractivity contribution in [3.8, 4) is 0 Å². The highest BCUT2D eigenvalue weighted by molar-refractivity contribution is 7.97. The van der Waals surface area contributed by atoms with Crippen molar-refractivity contribution < 1.29 is 4.79 Å². The van der Waals surface area contributed by atoms with Crippen LogP contribution in [0.1, 0.15) is 15.9 Å². The van der Waals surface area contributed by atoms with Gasteiger partial charge < -0.3 is 5.73 Å². The molecule has 3 nitrogen and oxygen atoms in total. The summed E-state index contributed by atoms with van der Waals surface area (Å²) in [4.78, 5) is 10.5. The molecule has 15 heavy (non-hydrogen) atoms. The molecule has 0 bridgehead atoms. The number of carbonyl (C=O) groups excluding carboxylic acids is 1. The van der Waals surface area contributed by atoms with E-state index in [1.54, 1.807) is 18.3 Å². The zero-order valence-corrected chi connectivity index (χ0v) is 9.20. The second-order valence-corrected chi connectivity index (χ2v) is 3.35. The molecule has 0 saturated carbocycles. The average molecular weight is 220 g/mol. The van der Waals surface area contributed by atoms with Gasteiger partial charge in [-0.25, -0.2) is 4.40 Å². The van der Waals surface area contributed by atoms with Crippen LogP contribution >= 0.6 is 11.9 Å². The lowest BCUT2D eigenvalue weighted by atomic mass is 10.1. The summed E-state index contributed by atoms with van der Waals surface area (Å²) in [7, 11) is 0. The van der Waals surface area contributed by atoms with Crippen molar-refractivity contribution in [1.82, 2.24) is 0 Å². The average Bonchev–Trinajstić information content (AvgIpc) is 2.31. The predicted octanol–water partition coefficient (Wildman–Crippen LogP) is 2.15. The fourth-order valence-corrected chi connectivity index (χ4v) is 1.30. The molecular formula is C11H12N2OS. The van der Waals surface area contributed by atoms with Gasteiger partial charge in [0.05, 0.1) is 0 Å².